The zero-order valence-corrected chi connectivity index (χ0v) is 23.9. The molecule has 0 aliphatic carbocycles. The molecular weight excluding hydrogens is 420 g/mol. The average molecular weight is 474 g/mol. The highest BCUT2D eigenvalue weighted by Crippen LogP contribution is 2.39. The van der Waals surface area contributed by atoms with E-state index in [1.807, 2.05) is 0 Å². The molecule has 2 aliphatic heterocycles. The average Bonchev–Trinajstić information content (AvgIpc) is 2.70. The van der Waals surface area contributed by atoms with Gasteiger partial charge in [0.2, 0.25) is 0 Å². The maximum atomic E-state index is 13.0. The van der Waals surface area contributed by atoms with Gasteiger partial charge in [-0.25, -0.2) is 0 Å². The second-order valence-electron chi connectivity index (χ2n) is 13.7. The Morgan fingerprint density at radius 1 is 0.824 bits per heavy atom. The summed E-state index contributed by atoms with van der Waals surface area (Å²) in [5, 5.41) is 0. The molecule has 0 bridgehead atoms. The maximum absolute atomic E-state index is 13.0. The van der Waals surface area contributed by atoms with E-state index in [9.17, 15) is 9.59 Å². The van der Waals surface area contributed by atoms with Crippen molar-refractivity contribution in [1.29, 1.82) is 0 Å². The Kier molecular flexibility index (Phi) is 9.41. The molecule has 4 heteroatoms. The molecule has 2 rings (SSSR count). The number of rotatable bonds is 11. The quantitative estimate of drug-likeness (QED) is 0.238. The number of nitrogens with zero attached hydrogens (tertiary/aromatic N) is 2. The smallest absolute Gasteiger partial charge is 0.164 e. The van der Waals surface area contributed by atoms with E-state index in [4.69, 9.17) is 0 Å². The number of hydrogen-bond donors (Lipinski definition) is 0. The van der Waals surface area contributed by atoms with E-state index >= 15 is 0 Å². The van der Waals surface area contributed by atoms with Gasteiger partial charge in [-0.15, -0.1) is 0 Å². The highest BCUT2D eigenvalue weighted by molar-refractivity contribution is 5.97. The predicted molar refractivity (Wildman–Crippen MR) is 143 cm³/mol. The molecule has 2 aliphatic rings. The molecule has 34 heavy (non-hydrogen) atoms. The van der Waals surface area contributed by atoms with Gasteiger partial charge in [0.1, 0.15) is 6.20 Å². The minimum atomic E-state index is -0.0260. The van der Waals surface area contributed by atoms with Crippen LogP contribution in [0, 0.1) is 10.8 Å². The molecule has 0 saturated carbocycles. The van der Waals surface area contributed by atoms with Crippen molar-refractivity contribution in [2.24, 2.45) is 10.8 Å². The lowest BCUT2D eigenvalue weighted by Crippen LogP contribution is -2.44. The van der Waals surface area contributed by atoms with Crippen LogP contribution in [0.4, 0.5) is 0 Å². The van der Waals surface area contributed by atoms with E-state index in [0.717, 1.165) is 80.1 Å². The molecule has 0 aromatic carbocycles. The van der Waals surface area contributed by atoms with Crippen molar-refractivity contribution >= 4 is 11.6 Å². The molecule has 0 radical (unpaired) electrons. The number of Topliss-reactive ketones (excluding diaryl/α,β-unsaturated/α-hetero) is 2. The lowest BCUT2D eigenvalue weighted by Gasteiger charge is -2.43. The van der Waals surface area contributed by atoms with Crippen LogP contribution >= 0.6 is 0 Å². The van der Waals surface area contributed by atoms with Crippen molar-refractivity contribution < 1.29 is 14.1 Å². The van der Waals surface area contributed by atoms with E-state index in [1.54, 1.807) is 0 Å². The molecule has 194 valence electrons. The van der Waals surface area contributed by atoms with Crippen molar-refractivity contribution in [2.75, 3.05) is 27.2 Å². The standard InChI is InChI=1S/C30H53N2O2/c1-28(2,3)31-20-18-29(4,5)24(22-31)26(33)16-14-12-10-11-13-15-17-27(34)25-23-32(8,9)21-19-30(25,6)7/h22-23H,10-21H2,1-9H3/q+1. The van der Waals surface area contributed by atoms with Gasteiger partial charge in [0, 0.05) is 48.5 Å². The molecule has 2 heterocycles. The van der Waals surface area contributed by atoms with Gasteiger partial charge in [0.25, 0.3) is 0 Å². The zero-order chi connectivity index (χ0) is 25.8. The summed E-state index contributed by atoms with van der Waals surface area (Å²) in [6.07, 6.45) is 14.2. The topological polar surface area (TPSA) is 37.4 Å². The van der Waals surface area contributed by atoms with E-state index in [0.29, 0.717) is 24.4 Å². The van der Waals surface area contributed by atoms with Gasteiger partial charge >= 0.3 is 0 Å². The Labute approximate surface area is 210 Å². The third kappa shape index (κ3) is 8.07. The van der Waals surface area contributed by atoms with Gasteiger partial charge in [0.15, 0.2) is 11.6 Å². The van der Waals surface area contributed by atoms with Crippen molar-refractivity contribution in [3.8, 4) is 0 Å². The van der Waals surface area contributed by atoms with E-state index < -0.39 is 0 Å². The number of carbonyl (C=O) groups is 2. The second-order valence-corrected chi connectivity index (χ2v) is 13.7. The summed E-state index contributed by atoms with van der Waals surface area (Å²) in [6, 6.07) is 0. The van der Waals surface area contributed by atoms with Crippen LogP contribution in [0.2, 0.25) is 0 Å². The van der Waals surface area contributed by atoms with Gasteiger partial charge < -0.3 is 9.38 Å². The van der Waals surface area contributed by atoms with Crippen LogP contribution in [0.25, 0.3) is 0 Å². The molecule has 0 fully saturated rings. The zero-order valence-electron chi connectivity index (χ0n) is 23.9. The van der Waals surface area contributed by atoms with Crippen LogP contribution in [0.1, 0.15) is 113 Å². The van der Waals surface area contributed by atoms with E-state index in [2.05, 4.69) is 79.9 Å². The first kappa shape index (κ1) is 28.8. The normalized spacial score (nSPS) is 21.6. The number of hydrogen-bond acceptors (Lipinski definition) is 3. The Bertz CT molecular complexity index is 793. The lowest BCUT2D eigenvalue weighted by molar-refractivity contribution is -0.842. The number of allylic oxidation sites excluding steroid dienone is 2. The van der Waals surface area contributed by atoms with E-state index in [1.165, 1.54) is 0 Å². The first-order valence-electron chi connectivity index (χ1n) is 13.7. The fourth-order valence-corrected chi connectivity index (χ4v) is 5.20. The van der Waals surface area contributed by atoms with Crippen molar-refractivity contribution in [1.82, 2.24) is 4.90 Å². The first-order chi connectivity index (χ1) is 15.6. The Hall–Kier alpha value is -1.42. The van der Waals surface area contributed by atoms with Gasteiger partial charge in [-0.05, 0) is 45.4 Å². The van der Waals surface area contributed by atoms with Gasteiger partial charge in [0.05, 0.1) is 26.2 Å². The van der Waals surface area contributed by atoms with Crippen molar-refractivity contribution in [3.63, 3.8) is 0 Å². The van der Waals surface area contributed by atoms with Gasteiger partial charge in [-0.2, -0.15) is 0 Å². The summed E-state index contributed by atoms with van der Waals surface area (Å²) in [4.78, 5) is 28.2. The van der Waals surface area contributed by atoms with E-state index in [-0.39, 0.29) is 16.4 Å². The predicted octanol–water partition coefficient (Wildman–Crippen LogP) is 7.05. The SMILES string of the molecule is CC1(C)CCN(C(C)(C)C)C=C1C(=O)CCCCCCCCC(=O)C1=C[N+](C)(C)CCC1(C)C. The number of ketones is 2. The van der Waals surface area contributed by atoms with Crippen LogP contribution in [-0.2, 0) is 9.59 Å². The summed E-state index contributed by atoms with van der Waals surface area (Å²) in [7, 11) is 4.36. The molecule has 4 nitrogen and oxygen atoms in total. The largest absolute Gasteiger partial charge is 0.372 e. The fraction of sp³-hybridized carbons (Fsp3) is 0.800. The molecule has 0 atom stereocenters. The maximum Gasteiger partial charge on any atom is 0.164 e. The lowest BCUT2D eigenvalue weighted by atomic mass is 9.76. The third-order valence-electron chi connectivity index (χ3n) is 8.03. The van der Waals surface area contributed by atoms with Crippen LogP contribution in [0.3, 0.4) is 0 Å². The highest BCUT2D eigenvalue weighted by Gasteiger charge is 2.37. The third-order valence-corrected chi connectivity index (χ3v) is 8.03. The van der Waals surface area contributed by atoms with Gasteiger partial charge in [-0.3, -0.25) is 9.59 Å². The Morgan fingerprint density at radius 3 is 1.82 bits per heavy atom. The second kappa shape index (κ2) is 11.1. The molecule has 0 saturated heterocycles. The molecule has 0 aromatic rings. The summed E-state index contributed by atoms with van der Waals surface area (Å²) >= 11 is 0. The van der Waals surface area contributed by atoms with Crippen LogP contribution < -0.4 is 0 Å². The summed E-state index contributed by atoms with van der Waals surface area (Å²) in [5.41, 5.74) is 2.08. The summed E-state index contributed by atoms with van der Waals surface area (Å²) < 4.78 is 0.811. The number of quaternary nitrogens is 1. The van der Waals surface area contributed by atoms with Crippen LogP contribution in [0.15, 0.2) is 23.5 Å². The Balaban J connectivity index is 1.69. The van der Waals surface area contributed by atoms with Crippen molar-refractivity contribution in [2.45, 2.75) is 118 Å². The minimum absolute atomic E-state index is 0.00361. The molecule has 0 aromatic heterocycles. The molecule has 0 N–H and O–H groups in total. The molecular formula is C30H53N2O2+. The number of carbonyl (C=O) groups excluding carboxylic acids is 2. The first-order valence-corrected chi connectivity index (χ1v) is 13.7. The minimum Gasteiger partial charge on any atom is -0.372 e. The van der Waals surface area contributed by atoms with Crippen LogP contribution in [-0.4, -0.2) is 53.7 Å². The summed E-state index contributed by atoms with van der Waals surface area (Å²) in [5.74, 6) is 0.670. The number of unbranched alkanes of at least 4 members (excludes halogenated alkanes) is 5. The van der Waals surface area contributed by atoms with Gasteiger partial charge in [-0.1, -0.05) is 53.4 Å². The highest BCUT2D eigenvalue weighted by atomic mass is 16.1. The molecule has 0 spiro atoms. The summed E-state index contributed by atoms with van der Waals surface area (Å²) in [6.45, 7) is 17.6. The molecule has 0 amide bonds. The van der Waals surface area contributed by atoms with Crippen molar-refractivity contribution in [3.05, 3.63) is 23.5 Å². The Morgan fingerprint density at radius 2 is 1.29 bits per heavy atom. The van der Waals surface area contributed by atoms with Crippen LogP contribution in [0.5, 0.6) is 0 Å². The fourth-order valence-electron chi connectivity index (χ4n) is 5.20. The molecule has 0 unspecified atom stereocenters. The monoisotopic (exact) mass is 473 g/mol.